The molecule has 0 saturated heterocycles. The van der Waals surface area contributed by atoms with Crippen LogP contribution in [0.3, 0.4) is 0 Å². The summed E-state index contributed by atoms with van der Waals surface area (Å²) in [7, 11) is 1.62. The Morgan fingerprint density at radius 3 is 3.05 bits per heavy atom. The van der Waals surface area contributed by atoms with Gasteiger partial charge >= 0.3 is 0 Å². The van der Waals surface area contributed by atoms with E-state index in [9.17, 15) is 4.79 Å². The predicted octanol–water partition coefficient (Wildman–Crippen LogP) is 0.837. The zero-order valence-corrected chi connectivity index (χ0v) is 10.8. The van der Waals surface area contributed by atoms with E-state index in [0.717, 1.165) is 5.56 Å². The van der Waals surface area contributed by atoms with Gasteiger partial charge in [-0.05, 0) is 24.6 Å². The van der Waals surface area contributed by atoms with Crippen LogP contribution in [0.5, 0.6) is 0 Å². The van der Waals surface area contributed by atoms with Gasteiger partial charge in [0.05, 0.1) is 12.6 Å². The number of carbonyl (C=O) groups is 1. The molecular formula is C12H15N5O2. The van der Waals surface area contributed by atoms with Crippen LogP contribution in [0.1, 0.15) is 34.7 Å². The minimum atomic E-state index is -0.308. The minimum absolute atomic E-state index is 0.185. The maximum atomic E-state index is 12.1. The van der Waals surface area contributed by atoms with Crippen molar-refractivity contribution in [2.24, 2.45) is 0 Å². The molecule has 1 unspecified atom stereocenters. The first-order valence-corrected chi connectivity index (χ1v) is 5.83. The molecule has 7 heteroatoms. The smallest absolute Gasteiger partial charge is 0.251 e. The van der Waals surface area contributed by atoms with Crippen LogP contribution in [0.15, 0.2) is 24.3 Å². The third kappa shape index (κ3) is 3.35. The van der Waals surface area contributed by atoms with E-state index in [1.165, 1.54) is 0 Å². The second-order valence-electron chi connectivity index (χ2n) is 4.10. The summed E-state index contributed by atoms with van der Waals surface area (Å²) in [5.41, 5.74) is 1.52. The Morgan fingerprint density at radius 2 is 2.37 bits per heavy atom. The highest BCUT2D eigenvalue weighted by molar-refractivity contribution is 5.94. The van der Waals surface area contributed by atoms with Gasteiger partial charge in [0, 0.05) is 12.7 Å². The summed E-state index contributed by atoms with van der Waals surface area (Å²) in [5, 5.41) is 16.3. The van der Waals surface area contributed by atoms with Crippen LogP contribution in [-0.2, 0) is 11.3 Å². The number of nitrogens with one attached hydrogen (secondary N) is 2. The number of rotatable bonds is 5. The number of methoxy groups -OCH3 is 1. The number of ether oxygens (including phenoxy) is 1. The molecule has 19 heavy (non-hydrogen) atoms. The lowest BCUT2D eigenvalue weighted by Crippen LogP contribution is -2.27. The van der Waals surface area contributed by atoms with Crippen LogP contribution >= 0.6 is 0 Å². The summed E-state index contributed by atoms with van der Waals surface area (Å²) in [6.07, 6.45) is 0. The molecule has 0 bridgehead atoms. The van der Waals surface area contributed by atoms with E-state index in [1.54, 1.807) is 26.2 Å². The van der Waals surface area contributed by atoms with Crippen molar-refractivity contribution in [3.05, 3.63) is 41.2 Å². The predicted molar refractivity (Wildman–Crippen MR) is 67.2 cm³/mol. The summed E-state index contributed by atoms with van der Waals surface area (Å²) in [6.45, 7) is 2.27. The summed E-state index contributed by atoms with van der Waals surface area (Å²) >= 11 is 0. The van der Waals surface area contributed by atoms with Crippen LogP contribution in [0, 0.1) is 0 Å². The number of carbonyl (C=O) groups excluding carboxylic acids is 1. The fourth-order valence-electron chi connectivity index (χ4n) is 1.67. The first-order chi connectivity index (χ1) is 9.20. The Kier molecular flexibility index (Phi) is 4.19. The van der Waals surface area contributed by atoms with E-state index in [0.29, 0.717) is 18.0 Å². The van der Waals surface area contributed by atoms with Gasteiger partial charge in [-0.1, -0.05) is 17.3 Å². The molecule has 0 saturated carbocycles. The standard InChI is InChI=1S/C12H15N5O2/c1-8(11-14-16-17-15-11)13-12(18)10-5-3-4-9(6-10)7-19-2/h3-6,8H,7H2,1-2H3,(H,13,18)(H,14,15,16,17). The van der Waals surface area contributed by atoms with E-state index < -0.39 is 0 Å². The van der Waals surface area contributed by atoms with Gasteiger partial charge in [0.15, 0.2) is 5.82 Å². The molecule has 1 heterocycles. The van der Waals surface area contributed by atoms with E-state index in [1.807, 2.05) is 12.1 Å². The van der Waals surface area contributed by atoms with Crippen molar-refractivity contribution in [1.29, 1.82) is 0 Å². The molecule has 0 aliphatic carbocycles. The van der Waals surface area contributed by atoms with Crippen molar-refractivity contribution in [3.63, 3.8) is 0 Å². The normalized spacial score (nSPS) is 12.1. The molecule has 0 aliphatic heterocycles. The molecule has 1 atom stereocenters. The Bertz CT molecular complexity index is 541. The Labute approximate surface area is 110 Å². The molecule has 0 spiro atoms. The highest BCUT2D eigenvalue weighted by Crippen LogP contribution is 2.09. The zero-order valence-electron chi connectivity index (χ0n) is 10.8. The number of aromatic amines is 1. The van der Waals surface area contributed by atoms with Crippen LogP contribution in [0.25, 0.3) is 0 Å². The van der Waals surface area contributed by atoms with Gasteiger partial charge in [0.1, 0.15) is 0 Å². The monoisotopic (exact) mass is 261 g/mol. The molecule has 2 rings (SSSR count). The van der Waals surface area contributed by atoms with Crippen molar-refractivity contribution in [1.82, 2.24) is 25.9 Å². The number of amides is 1. The third-order valence-electron chi connectivity index (χ3n) is 2.60. The number of H-pyrrole nitrogens is 1. The topological polar surface area (TPSA) is 92.8 Å². The number of aromatic nitrogens is 4. The maximum absolute atomic E-state index is 12.1. The Morgan fingerprint density at radius 1 is 1.53 bits per heavy atom. The fraction of sp³-hybridized carbons (Fsp3) is 0.333. The number of nitrogens with zero attached hydrogens (tertiary/aromatic N) is 3. The maximum Gasteiger partial charge on any atom is 0.251 e. The molecule has 100 valence electrons. The van der Waals surface area contributed by atoms with Crippen LogP contribution in [0.2, 0.25) is 0 Å². The number of hydrogen-bond acceptors (Lipinski definition) is 5. The zero-order chi connectivity index (χ0) is 13.7. The molecule has 1 aromatic heterocycles. The van der Waals surface area contributed by atoms with E-state index in [4.69, 9.17) is 4.74 Å². The van der Waals surface area contributed by atoms with Crippen molar-refractivity contribution >= 4 is 5.91 Å². The summed E-state index contributed by atoms with van der Waals surface area (Å²) < 4.78 is 5.04. The van der Waals surface area contributed by atoms with Crippen molar-refractivity contribution in [3.8, 4) is 0 Å². The second-order valence-corrected chi connectivity index (χ2v) is 4.10. The Hall–Kier alpha value is -2.28. The van der Waals surface area contributed by atoms with E-state index in [-0.39, 0.29) is 11.9 Å². The summed E-state index contributed by atoms with van der Waals surface area (Å²) in [6, 6.07) is 6.96. The molecule has 7 nitrogen and oxygen atoms in total. The fourth-order valence-corrected chi connectivity index (χ4v) is 1.67. The molecule has 0 radical (unpaired) electrons. The Balaban J connectivity index is 2.05. The van der Waals surface area contributed by atoms with Gasteiger partial charge in [-0.25, -0.2) is 0 Å². The van der Waals surface area contributed by atoms with Gasteiger partial charge in [-0.15, -0.1) is 10.2 Å². The van der Waals surface area contributed by atoms with Crippen LogP contribution < -0.4 is 5.32 Å². The average Bonchev–Trinajstić information content (AvgIpc) is 2.93. The van der Waals surface area contributed by atoms with Crippen LogP contribution in [0.4, 0.5) is 0 Å². The van der Waals surface area contributed by atoms with Crippen molar-refractivity contribution < 1.29 is 9.53 Å². The van der Waals surface area contributed by atoms with E-state index in [2.05, 4.69) is 25.9 Å². The molecular weight excluding hydrogens is 246 g/mol. The minimum Gasteiger partial charge on any atom is -0.380 e. The van der Waals surface area contributed by atoms with Gasteiger partial charge in [-0.2, -0.15) is 5.21 Å². The molecule has 0 aliphatic rings. The molecule has 1 amide bonds. The quantitative estimate of drug-likeness (QED) is 0.831. The number of hydrogen-bond donors (Lipinski definition) is 2. The molecule has 2 N–H and O–H groups in total. The van der Waals surface area contributed by atoms with Gasteiger partial charge in [0.2, 0.25) is 0 Å². The average molecular weight is 261 g/mol. The van der Waals surface area contributed by atoms with Gasteiger partial charge in [0.25, 0.3) is 5.91 Å². The summed E-state index contributed by atoms with van der Waals surface area (Å²) in [4.78, 5) is 12.1. The largest absolute Gasteiger partial charge is 0.380 e. The SMILES string of the molecule is COCc1cccc(C(=O)NC(C)c2nn[nH]n2)c1. The molecule has 2 aromatic rings. The van der Waals surface area contributed by atoms with Gasteiger partial charge in [-0.3, -0.25) is 4.79 Å². The lowest BCUT2D eigenvalue weighted by atomic mass is 10.1. The van der Waals surface area contributed by atoms with Crippen LogP contribution in [-0.4, -0.2) is 33.6 Å². The first-order valence-electron chi connectivity index (χ1n) is 5.83. The van der Waals surface area contributed by atoms with Crippen molar-refractivity contribution in [2.75, 3.05) is 7.11 Å². The second kappa shape index (κ2) is 6.05. The van der Waals surface area contributed by atoms with Gasteiger partial charge < -0.3 is 10.1 Å². The third-order valence-corrected chi connectivity index (χ3v) is 2.60. The highest BCUT2D eigenvalue weighted by Gasteiger charge is 2.14. The van der Waals surface area contributed by atoms with Crippen molar-refractivity contribution in [2.45, 2.75) is 19.6 Å². The summed E-state index contributed by atoms with van der Waals surface area (Å²) in [5.74, 6) is 0.261. The molecule has 0 fully saturated rings. The highest BCUT2D eigenvalue weighted by atomic mass is 16.5. The first kappa shape index (κ1) is 13.2. The molecule has 1 aromatic carbocycles. The lowest BCUT2D eigenvalue weighted by molar-refractivity contribution is 0.0938. The lowest BCUT2D eigenvalue weighted by Gasteiger charge is -2.10. The number of benzene rings is 1. The van der Waals surface area contributed by atoms with E-state index >= 15 is 0 Å². The number of tetrazole rings is 1.